The van der Waals surface area contributed by atoms with Crippen molar-refractivity contribution < 1.29 is 0 Å². The first-order valence-electron chi connectivity index (χ1n) is 2.83. The van der Waals surface area contributed by atoms with Crippen LogP contribution in [0, 0.1) is 5.92 Å². The van der Waals surface area contributed by atoms with Crippen LogP contribution in [0.1, 0.15) is 20.8 Å². The number of hydrogen-bond acceptors (Lipinski definition) is 1. The van der Waals surface area contributed by atoms with Gasteiger partial charge in [0.05, 0.1) is 0 Å². The van der Waals surface area contributed by atoms with Gasteiger partial charge in [0.25, 0.3) is 0 Å². The molecule has 1 nitrogen and oxygen atoms in total. The zero-order valence-electron chi connectivity index (χ0n) is 6.15. The highest BCUT2D eigenvalue weighted by atomic mass is 35.5. The van der Waals surface area contributed by atoms with E-state index in [0.29, 0.717) is 11.8 Å². The minimum absolute atomic E-state index is 0. The quantitative estimate of drug-likeness (QED) is 0.633. The zero-order valence-corrected chi connectivity index (χ0v) is 7.72. The highest BCUT2D eigenvalue weighted by Crippen LogP contribution is 2.13. The molecule has 1 unspecified atom stereocenters. The molecule has 2 N–H and O–H groups in total. The van der Waals surface area contributed by atoms with E-state index < -0.39 is 0 Å². The molecule has 0 heterocycles. The van der Waals surface area contributed by atoms with E-state index in [1.807, 2.05) is 20.8 Å². The summed E-state index contributed by atoms with van der Waals surface area (Å²) in [7, 11) is 0. The molecule has 0 amide bonds. The van der Waals surface area contributed by atoms with Gasteiger partial charge in [0.15, 0.2) is 0 Å². The van der Waals surface area contributed by atoms with Gasteiger partial charge in [0.2, 0.25) is 0 Å². The molecule has 0 bridgehead atoms. The second-order valence-corrected chi connectivity index (χ2v) is 3.19. The monoisotopic (exact) mass is 171 g/mol. The Morgan fingerprint density at radius 1 is 1.56 bits per heavy atom. The lowest BCUT2D eigenvalue weighted by molar-refractivity contribution is 0.377. The van der Waals surface area contributed by atoms with Crippen LogP contribution in [0.3, 0.4) is 0 Å². The van der Waals surface area contributed by atoms with E-state index in [0.717, 1.165) is 0 Å². The number of hydrogen-bond donors (Lipinski definition) is 1. The molecule has 0 spiro atoms. The molecule has 0 aromatic carbocycles. The van der Waals surface area contributed by atoms with Crippen molar-refractivity contribution in [3.8, 4) is 0 Å². The molecule has 0 aliphatic carbocycles. The van der Waals surface area contributed by atoms with Crippen molar-refractivity contribution in [2.75, 3.05) is 5.88 Å². The smallest absolute Gasteiger partial charge is 0.0266 e. The van der Waals surface area contributed by atoms with Crippen LogP contribution in [-0.2, 0) is 0 Å². The molecule has 0 fully saturated rings. The van der Waals surface area contributed by atoms with Crippen LogP contribution in [0.5, 0.6) is 0 Å². The van der Waals surface area contributed by atoms with E-state index in [9.17, 15) is 0 Å². The highest BCUT2D eigenvalue weighted by molar-refractivity contribution is 6.18. The van der Waals surface area contributed by atoms with Gasteiger partial charge in [-0.05, 0) is 19.8 Å². The summed E-state index contributed by atoms with van der Waals surface area (Å²) in [5.74, 6) is 1.04. The van der Waals surface area contributed by atoms with Crippen molar-refractivity contribution in [1.82, 2.24) is 0 Å². The average Bonchev–Trinajstić information content (AvgIpc) is 1.62. The van der Waals surface area contributed by atoms with E-state index in [4.69, 9.17) is 17.3 Å². The Morgan fingerprint density at radius 3 is 1.89 bits per heavy atom. The third kappa shape index (κ3) is 5.01. The van der Waals surface area contributed by atoms with Crippen molar-refractivity contribution in [2.24, 2.45) is 11.7 Å². The molecule has 9 heavy (non-hydrogen) atoms. The minimum atomic E-state index is -0.123. The van der Waals surface area contributed by atoms with Crippen molar-refractivity contribution in [2.45, 2.75) is 26.3 Å². The number of alkyl halides is 1. The summed E-state index contributed by atoms with van der Waals surface area (Å²) in [6.07, 6.45) is 0. The summed E-state index contributed by atoms with van der Waals surface area (Å²) in [5, 5.41) is 0. The van der Waals surface area contributed by atoms with Crippen LogP contribution >= 0.6 is 24.0 Å². The molecule has 58 valence electrons. The fourth-order valence-corrected chi connectivity index (χ4v) is 0.597. The van der Waals surface area contributed by atoms with Crippen LogP contribution < -0.4 is 5.73 Å². The second-order valence-electron chi connectivity index (χ2n) is 2.88. The predicted molar refractivity (Wildman–Crippen MR) is 45.4 cm³/mol. The number of rotatable bonds is 2. The first-order chi connectivity index (χ1) is 3.48. The Hall–Kier alpha value is 0.540. The van der Waals surface area contributed by atoms with Crippen molar-refractivity contribution in [3.63, 3.8) is 0 Å². The lowest BCUT2D eigenvalue weighted by Gasteiger charge is -2.24. The molecule has 0 rings (SSSR count). The molecule has 0 saturated carbocycles. The van der Waals surface area contributed by atoms with Crippen molar-refractivity contribution >= 4 is 24.0 Å². The van der Waals surface area contributed by atoms with Gasteiger partial charge in [0.1, 0.15) is 0 Å². The van der Waals surface area contributed by atoms with Gasteiger partial charge < -0.3 is 5.73 Å². The summed E-state index contributed by atoms with van der Waals surface area (Å²) in [6, 6.07) is 0. The lowest BCUT2D eigenvalue weighted by atomic mass is 9.92. The summed E-state index contributed by atoms with van der Waals surface area (Å²) in [6.45, 7) is 6.02. The SMILES string of the molecule is CC(CCl)C(C)(C)N.Cl. The second kappa shape index (κ2) is 4.37. The maximum Gasteiger partial charge on any atom is 0.0266 e. The summed E-state index contributed by atoms with van der Waals surface area (Å²) >= 11 is 5.56. The molecule has 0 saturated heterocycles. The van der Waals surface area contributed by atoms with Gasteiger partial charge in [-0.25, -0.2) is 0 Å². The number of nitrogens with two attached hydrogens (primary N) is 1. The first-order valence-corrected chi connectivity index (χ1v) is 3.36. The highest BCUT2D eigenvalue weighted by Gasteiger charge is 2.18. The predicted octanol–water partition coefficient (Wildman–Crippen LogP) is 2.02. The maximum absolute atomic E-state index is 5.71. The van der Waals surface area contributed by atoms with Gasteiger partial charge >= 0.3 is 0 Å². The Labute approximate surface area is 68.4 Å². The summed E-state index contributed by atoms with van der Waals surface area (Å²) < 4.78 is 0. The van der Waals surface area contributed by atoms with Crippen molar-refractivity contribution in [1.29, 1.82) is 0 Å². The van der Waals surface area contributed by atoms with Crippen LogP contribution in [-0.4, -0.2) is 11.4 Å². The van der Waals surface area contributed by atoms with Crippen LogP contribution in [0.25, 0.3) is 0 Å². The standard InChI is InChI=1S/C6H14ClN.ClH/c1-5(4-7)6(2,3)8;/h5H,4,8H2,1-3H3;1H. The zero-order chi connectivity index (χ0) is 6.78. The lowest BCUT2D eigenvalue weighted by Crippen LogP contribution is -2.40. The third-order valence-corrected chi connectivity index (χ3v) is 1.96. The largest absolute Gasteiger partial charge is 0.325 e. The van der Waals surface area contributed by atoms with Gasteiger partial charge in [-0.15, -0.1) is 24.0 Å². The number of halogens is 2. The Bertz CT molecular complexity index is 67.9. The Morgan fingerprint density at radius 2 is 1.89 bits per heavy atom. The van der Waals surface area contributed by atoms with E-state index in [2.05, 4.69) is 0 Å². The topological polar surface area (TPSA) is 26.0 Å². The summed E-state index contributed by atoms with van der Waals surface area (Å²) in [5.41, 5.74) is 5.58. The van der Waals surface area contributed by atoms with E-state index in [1.54, 1.807) is 0 Å². The molecule has 1 atom stereocenters. The van der Waals surface area contributed by atoms with Crippen LogP contribution in [0.15, 0.2) is 0 Å². The fraction of sp³-hybridized carbons (Fsp3) is 1.00. The Kier molecular flexibility index (Phi) is 5.94. The Balaban J connectivity index is 0. The van der Waals surface area contributed by atoms with Gasteiger partial charge in [-0.3, -0.25) is 0 Å². The molecule has 0 aromatic heterocycles. The first kappa shape index (κ1) is 12.2. The molecule has 3 heteroatoms. The van der Waals surface area contributed by atoms with Gasteiger partial charge in [-0.1, -0.05) is 6.92 Å². The normalized spacial score (nSPS) is 14.3. The summed E-state index contributed by atoms with van der Waals surface area (Å²) in [4.78, 5) is 0. The van der Waals surface area contributed by atoms with E-state index >= 15 is 0 Å². The minimum Gasteiger partial charge on any atom is -0.325 e. The van der Waals surface area contributed by atoms with Crippen LogP contribution in [0.2, 0.25) is 0 Å². The molecular weight excluding hydrogens is 157 g/mol. The maximum atomic E-state index is 5.71. The fourth-order valence-electron chi connectivity index (χ4n) is 0.199. The van der Waals surface area contributed by atoms with Crippen LogP contribution in [0.4, 0.5) is 0 Å². The van der Waals surface area contributed by atoms with Gasteiger partial charge in [0, 0.05) is 11.4 Å². The molecule has 0 aliphatic heterocycles. The molecule has 0 radical (unpaired) electrons. The van der Waals surface area contributed by atoms with Gasteiger partial charge in [-0.2, -0.15) is 0 Å². The van der Waals surface area contributed by atoms with E-state index in [-0.39, 0.29) is 17.9 Å². The molecular formula is C6H15Cl2N. The molecule has 0 aliphatic rings. The third-order valence-electron chi connectivity index (χ3n) is 1.50. The molecule has 0 aromatic rings. The van der Waals surface area contributed by atoms with E-state index in [1.165, 1.54) is 0 Å². The average molecular weight is 172 g/mol. The van der Waals surface area contributed by atoms with Crippen molar-refractivity contribution in [3.05, 3.63) is 0 Å².